The maximum Gasteiger partial charge on any atom is 0.290 e. The van der Waals surface area contributed by atoms with Crippen LogP contribution in [0, 0.1) is 4.91 Å². The molecule has 0 heterocycles. The van der Waals surface area contributed by atoms with Crippen LogP contribution in [0.2, 0.25) is 0 Å². The van der Waals surface area contributed by atoms with Crippen LogP contribution in [0.25, 0.3) is 0 Å². The largest absolute Gasteiger partial charge is 0.290 e. The molecule has 58 valence electrons. The average Bonchev–Trinajstić information content (AvgIpc) is 2.03. The van der Waals surface area contributed by atoms with Gasteiger partial charge in [0.15, 0.2) is 0 Å². The number of hydrogen-bond donors (Lipinski definition) is 0. The first kappa shape index (κ1) is 9.49. The third-order valence-electron chi connectivity index (χ3n) is 1.05. The molecule has 0 spiro atoms. The van der Waals surface area contributed by atoms with Crippen molar-refractivity contribution < 1.29 is 4.79 Å². The van der Waals surface area contributed by atoms with Gasteiger partial charge < -0.3 is 0 Å². The first-order chi connectivity index (χ1) is 5.24. The van der Waals surface area contributed by atoms with Crippen LogP contribution in [0.5, 0.6) is 0 Å². The van der Waals surface area contributed by atoms with E-state index in [0.717, 1.165) is 0 Å². The van der Waals surface area contributed by atoms with E-state index >= 15 is 0 Å². The third kappa shape index (κ3) is 3.97. The molecule has 0 aliphatic rings. The molecule has 0 bridgehead atoms. The maximum absolute atomic E-state index is 10.5. The van der Waals surface area contributed by atoms with Gasteiger partial charge in [-0.25, -0.2) is 0 Å². The summed E-state index contributed by atoms with van der Waals surface area (Å²) in [5, 5.41) is 2.25. The van der Waals surface area contributed by atoms with Gasteiger partial charge in [-0.2, -0.15) is 0 Å². The lowest BCUT2D eigenvalue weighted by Crippen LogP contribution is -1.92. The minimum Gasteiger partial charge on any atom is -0.269 e. The molecular formula is C8H9NO2. The van der Waals surface area contributed by atoms with Crippen LogP contribution < -0.4 is 0 Å². The molecule has 11 heavy (non-hydrogen) atoms. The van der Waals surface area contributed by atoms with Crippen molar-refractivity contribution in [3.8, 4) is 0 Å². The van der Waals surface area contributed by atoms with E-state index in [-0.39, 0.29) is 6.42 Å². The molecule has 0 saturated heterocycles. The van der Waals surface area contributed by atoms with Crippen molar-refractivity contribution in [2.75, 3.05) is 0 Å². The van der Waals surface area contributed by atoms with Crippen LogP contribution in [0.15, 0.2) is 42.1 Å². The fraction of sp³-hybridized carbons (Fsp3) is 0.125. The molecular weight excluding hydrogens is 142 g/mol. The fourth-order valence-corrected chi connectivity index (χ4v) is 0.557. The summed E-state index contributed by atoms with van der Waals surface area (Å²) in [5.74, 6) is -0.696. The Balaban J connectivity index is 4.19. The van der Waals surface area contributed by atoms with E-state index in [0.29, 0.717) is 5.57 Å². The molecule has 0 atom stereocenters. The van der Waals surface area contributed by atoms with E-state index < -0.39 is 5.91 Å². The van der Waals surface area contributed by atoms with Crippen LogP contribution in [0.4, 0.5) is 0 Å². The summed E-state index contributed by atoms with van der Waals surface area (Å²) in [6.07, 6.45) is 4.62. The summed E-state index contributed by atoms with van der Waals surface area (Å²) in [7, 11) is 0. The highest BCUT2D eigenvalue weighted by Gasteiger charge is 2.01. The molecule has 0 saturated carbocycles. The summed E-state index contributed by atoms with van der Waals surface area (Å²) < 4.78 is 0. The number of nitroso groups, excluding NO2 is 1. The number of hydrogen-bond acceptors (Lipinski definition) is 2. The molecule has 0 radical (unpaired) electrons. The van der Waals surface area contributed by atoms with Gasteiger partial charge in [-0.1, -0.05) is 31.4 Å². The Morgan fingerprint density at radius 2 is 2.09 bits per heavy atom. The summed E-state index contributed by atoms with van der Waals surface area (Å²) >= 11 is 0. The van der Waals surface area contributed by atoms with Crippen molar-refractivity contribution in [1.82, 2.24) is 0 Å². The van der Waals surface area contributed by atoms with E-state index in [1.54, 1.807) is 6.08 Å². The van der Waals surface area contributed by atoms with Gasteiger partial charge in [-0.3, -0.25) is 4.79 Å². The van der Waals surface area contributed by atoms with E-state index in [4.69, 9.17) is 0 Å². The van der Waals surface area contributed by atoms with Crippen molar-refractivity contribution in [2.24, 2.45) is 5.18 Å². The zero-order valence-corrected chi connectivity index (χ0v) is 6.12. The lowest BCUT2D eigenvalue weighted by molar-refractivity contribution is -0.117. The second kappa shape index (κ2) is 5.29. The second-order valence-corrected chi connectivity index (χ2v) is 1.84. The maximum atomic E-state index is 10.5. The van der Waals surface area contributed by atoms with Gasteiger partial charge in [0.1, 0.15) is 0 Å². The number of allylic oxidation sites excluding steroid dienone is 3. The number of rotatable bonds is 4. The topological polar surface area (TPSA) is 46.5 Å². The monoisotopic (exact) mass is 151 g/mol. The summed E-state index contributed by atoms with van der Waals surface area (Å²) in [6, 6.07) is 0. The molecule has 0 fully saturated rings. The lowest BCUT2D eigenvalue weighted by atomic mass is 10.1. The van der Waals surface area contributed by atoms with E-state index in [2.05, 4.69) is 18.3 Å². The molecule has 0 aromatic heterocycles. The highest BCUT2D eigenvalue weighted by Crippen LogP contribution is 2.03. The third-order valence-corrected chi connectivity index (χ3v) is 1.05. The lowest BCUT2D eigenvalue weighted by Gasteiger charge is -1.91. The minimum absolute atomic E-state index is 0.000972. The first-order valence-electron chi connectivity index (χ1n) is 3.04. The highest BCUT2D eigenvalue weighted by molar-refractivity contribution is 5.79. The van der Waals surface area contributed by atoms with Crippen LogP contribution >= 0.6 is 0 Å². The average molecular weight is 151 g/mol. The number of nitrogens with zero attached hydrogens (tertiary/aromatic N) is 1. The summed E-state index contributed by atoms with van der Waals surface area (Å²) in [4.78, 5) is 20.1. The Hall–Kier alpha value is -1.51. The van der Waals surface area contributed by atoms with Gasteiger partial charge in [0.2, 0.25) is 0 Å². The van der Waals surface area contributed by atoms with Crippen molar-refractivity contribution in [2.45, 2.75) is 6.42 Å². The van der Waals surface area contributed by atoms with Crippen LogP contribution in [-0.4, -0.2) is 5.91 Å². The summed E-state index contributed by atoms with van der Waals surface area (Å²) in [5.41, 5.74) is 0.643. The molecule has 3 nitrogen and oxygen atoms in total. The Morgan fingerprint density at radius 1 is 1.45 bits per heavy atom. The van der Waals surface area contributed by atoms with E-state index in [1.165, 1.54) is 12.2 Å². The second-order valence-electron chi connectivity index (χ2n) is 1.84. The van der Waals surface area contributed by atoms with Crippen molar-refractivity contribution in [3.63, 3.8) is 0 Å². The SMILES string of the molecule is C=C/C=C(\C=C)CC(=O)N=O. The molecule has 0 aromatic rings. The molecule has 0 aliphatic carbocycles. The van der Waals surface area contributed by atoms with Gasteiger partial charge in [0.25, 0.3) is 5.91 Å². The number of carbonyl (C=O) groups excluding carboxylic acids is 1. The van der Waals surface area contributed by atoms with E-state index in [9.17, 15) is 9.70 Å². The molecule has 0 rings (SSSR count). The van der Waals surface area contributed by atoms with Gasteiger partial charge in [0.05, 0.1) is 6.42 Å². The Kier molecular flexibility index (Phi) is 4.56. The quantitative estimate of drug-likeness (QED) is 0.455. The number of carbonyl (C=O) groups is 1. The standard InChI is InChI=1S/C8H9NO2/c1-3-5-7(4-2)6-8(10)9-11/h3-5H,1-2,6H2/b7-5+. The molecule has 0 aliphatic heterocycles. The molecule has 3 heteroatoms. The molecule has 0 unspecified atom stereocenters. The Morgan fingerprint density at radius 3 is 2.45 bits per heavy atom. The predicted molar refractivity (Wildman–Crippen MR) is 43.9 cm³/mol. The minimum atomic E-state index is -0.696. The Bertz CT molecular complexity index is 216. The zero-order valence-electron chi connectivity index (χ0n) is 6.12. The predicted octanol–water partition coefficient (Wildman–Crippen LogP) is 1.97. The smallest absolute Gasteiger partial charge is 0.269 e. The van der Waals surface area contributed by atoms with Gasteiger partial charge in [-0.05, 0) is 5.57 Å². The van der Waals surface area contributed by atoms with Crippen molar-refractivity contribution in [3.05, 3.63) is 41.9 Å². The Labute approximate surface area is 65.1 Å². The fourth-order valence-electron chi connectivity index (χ4n) is 0.557. The van der Waals surface area contributed by atoms with Crippen molar-refractivity contribution in [1.29, 1.82) is 0 Å². The van der Waals surface area contributed by atoms with Crippen LogP contribution in [-0.2, 0) is 4.79 Å². The van der Waals surface area contributed by atoms with Gasteiger partial charge >= 0.3 is 0 Å². The molecule has 0 N–H and O–H groups in total. The number of amides is 1. The molecule has 1 amide bonds. The normalized spacial score (nSPS) is 10.4. The van der Waals surface area contributed by atoms with Gasteiger partial charge in [0, 0.05) is 5.18 Å². The van der Waals surface area contributed by atoms with E-state index in [1.807, 2.05) is 0 Å². The van der Waals surface area contributed by atoms with Crippen molar-refractivity contribution >= 4 is 5.91 Å². The zero-order chi connectivity index (χ0) is 8.69. The summed E-state index contributed by atoms with van der Waals surface area (Å²) in [6.45, 7) is 6.89. The van der Waals surface area contributed by atoms with Crippen LogP contribution in [0.3, 0.4) is 0 Å². The first-order valence-corrected chi connectivity index (χ1v) is 3.04. The van der Waals surface area contributed by atoms with Crippen LogP contribution in [0.1, 0.15) is 6.42 Å². The highest BCUT2D eigenvalue weighted by atomic mass is 16.3. The van der Waals surface area contributed by atoms with Gasteiger partial charge in [-0.15, -0.1) is 4.91 Å². The molecule has 0 aromatic carbocycles.